The molecule has 116 valence electrons. The third-order valence-corrected chi connectivity index (χ3v) is 4.17. The molecule has 2 nitrogen and oxygen atoms in total. The first-order valence-corrected chi connectivity index (χ1v) is 7.76. The Morgan fingerprint density at radius 2 is 1.75 bits per heavy atom. The quantitative estimate of drug-likeness (QED) is 0.709. The Morgan fingerprint density at radius 3 is 2.25 bits per heavy atom. The van der Waals surface area contributed by atoms with Crippen LogP contribution < -0.4 is 5.32 Å². The fourth-order valence-corrected chi connectivity index (χ4v) is 3.44. The lowest BCUT2D eigenvalue weighted by Gasteiger charge is -2.42. The van der Waals surface area contributed by atoms with E-state index in [1.54, 1.807) is 0 Å². The fourth-order valence-electron chi connectivity index (χ4n) is 2.88. The van der Waals surface area contributed by atoms with Crippen molar-refractivity contribution >= 4 is 47.4 Å². The molecule has 1 saturated heterocycles. The van der Waals surface area contributed by atoms with Crippen LogP contribution in [-0.2, 0) is 0 Å². The minimum absolute atomic E-state index is 0. The number of benzene rings is 1. The minimum Gasteiger partial charge on any atom is -0.314 e. The molecule has 1 atom stereocenters. The van der Waals surface area contributed by atoms with Crippen LogP contribution in [-0.4, -0.2) is 31.1 Å². The Hall–Kier alpha value is 0.450. The standard InChI is InChI=1S/C15H23IN2.2ClH/c1-15(2,3)14(18-9-7-17-8-10-18)12-5-4-6-13(16)11-12;;/h4-6,11,14,17H,7-10H2,1-3H3;2*1H/t14-;;/m0../s1. The third-order valence-electron chi connectivity index (χ3n) is 3.50. The van der Waals surface area contributed by atoms with Crippen molar-refractivity contribution in [2.24, 2.45) is 5.41 Å². The van der Waals surface area contributed by atoms with Crippen molar-refractivity contribution in [1.29, 1.82) is 0 Å². The lowest BCUT2D eigenvalue weighted by molar-refractivity contribution is 0.0862. The van der Waals surface area contributed by atoms with Gasteiger partial charge in [0.2, 0.25) is 0 Å². The average molecular weight is 431 g/mol. The van der Waals surface area contributed by atoms with Gasteiger partial charge in [-0.3, -0.25) is 4.90 Å². The molecule has 0 radical (unpaired) electrons. The molecule has 1 aromatic carbocycles. The molecule has 5 heteroatoms. The van der Waals surface area contributed by atoms with Gasteiger partial charge >= 0.3 is 0 Å². The summed E-state index contributed by atoms with van der Waals surface area (Å²) in [7, 11) is 0. The number of rotatable bonds is 2. The largest absolute Gasteiger partial charge is 0.314 e. The van der Waals surface area contributed by atoms with E-state index in [1.165, 1.54) is 9.13 Å². The van der Waals surface area contributed by atoms with Gasteiger partial charge < -0.3 is 5.32 Å². The minimum atomic E-state index is 0. The average Bonchev–Trinajstić information content (AvgIpc) is 2.28. The summed E-state index contributed by atoms with van der Waals surface area (Å²) in [6.07, 6.45) is 0. The third kappa shape index (κ3) is 5.34. The highest BCUT2D eigenvalue weighted by Gasteiger charge is 2.32. The second-order valence-electron chi connectivity index (χ2n) is 6.11. The number of hydrogen-bond acceptors (Lipinski definition) is 2. The van der Waals surface area contributed by atoms with Crippen molar-refractivity contribution in [2.45, 2.75) is 26.8 Å². The van der Waals surface area contributed by atoms with Gasteiger partial charge in [0.1, 0.15) is 0 Å². The van der Waals surface area contributed by atoms with Gasteiger partial charge in [-0.2, -0.15) is 0 Å². The van der Waals surface area contributed by atoms with Gasteiger partial charge in [-0.15, -0.1) is 24.8 Å². The maximum atomic E-state index is 3.44. The van der Waals surface area contributed by atoms with Crippen LogP contribution in [0, 0.1) is 8.99 Å². The molecule has 1 fully saturated rings. The van der Waals surface area contributed by atoms with E-state index in [2.05, 4.69) is 77.8 Å². The van der Waals surface area contributed by atoms with Gasteiger partial charge in [-0.25, -0.2) is 0 Å². The van der Waals surface area contributed by atoms with E-state index in [9.17, 15) is 0 Å². The van der Waals surface area contributed by atoms with Crippen molar-refractivity contribution in [3.8, 4) is 0 Å². The second-order valence-corrected chi connectivity index (χ2v) is 7.36. The number of piperazine rings is 1. The van der Waals surface area contributed by atoms with Gasteiger partial charge in [-0.1, -0.05) is 32.9 Å². The first-order valence-electron chi connectivity index (χ1n) is 6.69. The van der Waals surface area contributed by atoms with Gasteiger partial charge in [0, 0.05) is 35.8 Å². The molecule has 0 spiro atoms. The molecule has 1 aliphatic rings. The van der Waals surface area contributed by atoms with Crippen LogP contribution in [0.2, 0.25) is 0 Å². The molecule has 0 saturated carbocycles. The molecular weight excluding hydrogens is 406 g/mol. The molecule has 20 heavy (non-hydrogen) atoms. The molecule has 1 heterocycles. The summed E-state index contributed by atoms with van der Waals surface area (Å²) in [5, 5.41) is 3.44. The predicted molar refractivity (Wildman–Crippen MR) is 100 cm³/mol. The zero-order valence-electron chi connectivity index (χ0n) is 12.4. The smallest absolute Gasteiger partial charge is 0.0397 e. The van der Waals surface area contributed by atoms with Crippen LogP contribution >= 0.6 is 47.4 Å². The molecule has 1 aliphatic heterocycles. The van der Waals surface area contributed by atoms with Crippen LogP contribution in [0.25, 0.3) is 0 Å². The van der Waals surface area contributed by atoms with Crippen LogP contribution in [0.15, 0.2) is 24.3 Å². The van der Waals surface area contributed by atoms with E-state index >= 15 is 0 Å². The molecule has 1 N–H and O–H groups in total. The number of halogens is 3. The van der Waals surface area contributed by atoms with Crippen molar-refractivity contribution in [3.63, 3.8) is 0 Å². The molecule has 0 bridgehead atoms. The topological polar surface area (TPSA) is 15.3 Å². The van der Waals surface area contributed by atoms with Crippen LogP contribution in [0.5, 0.6) is 0 Å². The summed E-state index contributed by atoms with van der Waals surface area (Å²) in [6.45, 7) is 11.5. The van der Waals surface area contributed by atoms with E-state index in [0.29, 0.717) is 6.04 Å². The Morgan fingerprint density at radius 1 is 1.15 bits per heavy atom. The Bertz CT molecular complexity index is 401. The molecule has 0 amide bonds. The highest BCUT2D eigenvalue weighted by atomic mass is 127. The summed E-state index contributed by atoms with van der Waals surface area (Å²) >= 11 is 2.41. The van der Waals surface area contributed by atoms with Gasteiger partial charge in [-0.05, 0) is 45.7 Å². The maximum Gasteiger partial charge on any atom is 0.0397 e. The number of hydrogen-bond donors (Lipinski definition) is 1. The lowest BCUT2D eigenvalue weighted by Crippen LogP contribution is -2.48. The van der Waals surface area contributed by atoms with E-state index < -0.39 is 0 Å². The zero-order valence-corrected chi connectivity index (χ0v) is 16.1. The summed E-state index contributed by atoms with van der Waals surface area (Å²) in [4.78, 5) is 2.63. The van der Waals surface area contributed by atoms with Crippen LogP contribution in [0.4, 0.5) is 0 Å². The molecule has 0 unspecified atom stereocenters. The Balaban J connectivity index is 0.00000180. The summed E-state index contributed by atoms with van der Waals surface area (Å²) in [6, 6.07) is 9.47. The fraction of sp³-hybridized carbons (Fsp3) is 0.600. The van der Waals surface area contributed by atoms with E-state index in [-0.39, 0.29) is 30.2 Å². The van der Waals surface area contributed by atoms with Crippen LogP contribution in [0.3, 0.4) is 0 Å². The van der Waals surface area contributed by atoms with Crippen molar-refractivity contribution < 1.29 is 0 Å². The van der Waals surface area contributed by atoms with E-state index in [4.69, 9.17) is 0 Å². The molecule has 0 aromatic heterocycles. The van der Waals surface area contributed by atoms with E-state index in [1.807, 2.05) is 0 Å². The molecule has 1 aromatic rings. The monoisotopic (exact) mass is 430 g/mol. The number of nitrogens with one attached hydrogen (secondary N) is 1. The molecular formula is C15H25Cl2IN2. The van der Waals surface area contributed by atoms with Crippen LogP contribution in [0.1, 0.15) is 32.4 Å². The lowest BCUT2D eigenvalue weighted by atomic mass is 9.81. The summed E-state index contributed by atoms with van der Waals surface area (Å²) < 4.78 is 1.33. The maximum absolute atomic E-state index is 3.44. The Labute approximate surface area is 149 Å². The summed E-state index contributed by atoms with van der Waals surface area (Å²) in [5.41, 5.74) is 1.72. The van der Waals surface area contributed by atoms with E-state index in [0.717, 1.165) is 26.2 Å². The zero-order chi connectivity index (χ0) is 13.2. The van der Waals surface area contributed by atoms with Crippen molar-refractivity contribution in [1.82, 2.24) is 10.2 Å². The first-order chi connectivity index (χ1) is 8.48. The van der Waals surface area contributed by atoms with Gasteiger partial charge in [0.15, 0.2) is 0 Å². The SMILES string of the molecule is CC(C)(C)[C@H](c1cccc(I)c1)N1CCNCC1.Cl.Cl. The first kappa shape index (κ1) is 20.5. The highest BCUT2D eigenvalue weighted by Crippen LogP contribution is 2.38. The summed E-state index contributed by atoms with van der Waals surface area (Å²) in [5.74, 6) is 0. The highest BCUT2D eigenvalue weighted by molar-refractivity contribution is 14.1. The van der Waals surface area contributed by atoms with Gasteiger partial charge in [0.05, 0.1) is 0 Å². The Kier molecular flexibility index (Phi) is 8.98. The second kappa shape index (κ2) is 8.79. The number of nitrogens with zero attached hydrogens (tertiary/aromatic N) is 1. The van der Waals surface area contributed by atoms with Crippen molar-refractivity contribution in [3.05, 3.63) is 33.4 Å². The molecule has 2 rings (SSSR count). The predicted octanol–water partition coefficient (Wildman–Crippen LogP) is 4.13. The van der Waals surface area contributed by atoms with Crippen molar-refractivity contribution in [2.75, 3.05) is 26.2 Å². The molecule has 0 aliphatic carbocycles. The normalized spacial score (nSPS) is 17.8. The van der Waals surface area contributed by atoms with Gasteiger partial charge in [0.25, 0.3) is 0 Å².